The lowest BCUT2D eigenvalue weighted by molar-refractivity contribution is -0.385. The SMILES string of the molecule is O=C(O)CC1COCCN1Cc1cc(Cl)ccc1[N+](=O)[O-]. The standard InChI is InChI=1S/C13H15ClN2O5/c14-10-1-2-12(16(19)20)9(5-10)7-15-3-4-21-8-11(15)6-13(17)18/h1-2,5,11H,3-4,6-8H2,(H,17,18). The van der Waals surface area contributed by atoms with E-state index in [1.165, 1.54) is 12.1 Å². The first-order valence-corrected chi connectivity index (χ1v) is 6.81. The highest BCUT2D eigenvalue weighted by Gasteiger charge is 2.27. The van der Waals surface area contributed by atoms with Gasteiger partial charge in [-0.3, -0.25) is 19.8 Å². The molecular formula is C13H15ClN2O5. The van der Waals surface area contributed by atoms with E-state index in [-0.39, 0.29) is 24.7 Å². The summed E-state index contributed by atoms with van der Waals surface area (Å²) < 4.78 is 5.29. The zero-order valence-corrected chi connectivity index (χ0v) is 12.0. The van der Waals surface area contributed by atoms with E-state index >= 15 is 0 Å². The molecule has 8 heteroatoms. The highest BCUT2D eigenvalue weighted by atomic mass is 35.5. The van der Waals surface area contributed by atoms with Crippen molar-refractivity contribution in [1.82, 2.24) is 4.90 Å². The van der Waals surface area contributed by atoms with Crippen molar-refractivity contribution in [1.29, 1.82) is 0 Å². The van der Waals surface area contributed by atoms with E-state index in [2.05, 4.69) is 0 Å². The van der Waals surface area contributed by atoms with Gasteiger partial charge in [0.25, 0.3) is 5.69 Å². The quantitative estimate of drug-likeness (QED) is 0.659. The number of hydrogen-bond donors (Lipinski definition) is 1. The predicted molar refractivity (Wildman–Crippen MR) is 75.4 cm³/mol. The molecule has 1 heterocycles. The molecule has 0 radical (unpaired) electrons. The van der Waals surface area contributed by atoms with Crippen LogP contribution in [0, 0.1) is 10.1 Å². The smallest absolute Gasteiger partial charge is 0.305 e. The Morgan fingerprint density at radius 2 is 2.33 bits per heavy atom. The molecule has 1 atom stereocenters. The van der Waals surface area contributed by atoms with E-state index < -0.39 is 10.9 Å². The minimum Gasteiger partial charge on any atom is -0.481 e. The average Bonchev–Trinajstić information content (AvgIpc) is 2.40. The third kappa shape index (κ3) is 4.13. The maximum atomic E-state index is 11.1. The fourth-order valence-electron chi connectivity index (χ4n) is 2.36. The van der Waals surface area contributed by atoms with Crippen LogP contribution in [0.15, 0.2) is 18.2 Å². The molecule has 7 nitrogen and oxygen atoms in total. The summed E-state index contributed by atoms with van der Waals surface area (Å²) in [5.41, 5.74) is 0.463. The molecule has 1 saturated heterocycles. The van der Waals surface area contributed by atoms with Crippen LogP contribution in [0.5, 0.6) is 0 Å². The van der Waals surface area contributed by atoms with Crippen LogP contribution in [-0.4, -0.2) is 46.7 Å². The minimum absolute atomic E-state index is 0.0139. The first-order valence-electron chi connectivity index (χ1n) is 6.44. The fourth-order valence-corrected chi connectivity index (χ4v) is 2.56. The van der Waals surface area contributed by atoms with Crippen LogP contribution in [0.25, 0.3) is 0 Å². The Hall–Kier alpha value is -1.70. The number of morpholine rings is 1. The van der Waals surface area contributed by atoms with Crippen molar-refractivity contribution in [3.05, 3.63) is 38.9 Å². The Labute approximate surface area is 126 Å². The van der Waals surface area contributed by atoms with E-state index in [1.807, 2.05) is 4.90 Å². The van der Waals surface area contributed by atoms with Gasteiger partial charge in [0.15, 0.2) is 0 Å². The molecule has 0 aromatic heterocycles. The highest BCUT2D eigenvalue weighted by Crippen LogP contribution is 2.25. The summed E-state index contributed by atoms with van der Waals surface area (Å²) in [4.78, 5) is 23.4. The van der Waals surface area contributed by atoms with Crippen molar-refractivity contribution < 1.29 is 19.6 Å². The van der Waals surface area contributed by atoms with Gasteiger partial charge in [0, 0.05) is 35.8 Å². The normalized spacial score (nSPS) is 19.4. The molecule has 1 N–H and O–H groups in total. The van der Waals surface area contributed by atoms with Gasteiger partial charge in [-0.15, -0.1) is 0 Å². The van der Waals surface area contributed by atoms with Crippen molar-refractivity contribution in [2.45, 2.75) is 19.0 Å². The number of nitro groups is 1. The lowest BCUT2D eigenvalue weighted by atomic mass is 10.1. The summed E-state index contributed by atoms with van der Waals surface area (Å²) in [7, 11) is 0. The Bertz CT molecular complexity index is 551. The predicted octanol–water partition coefficient (Wildman–Crippen LogP) is 1.92. The molecule has 1 aromatic carbocycles. The molecule has 2 rings (SSSR count). The van der Waals surface area contributed by atoms with Crippen molar-refractivity contribution >= 4 is 23.3 Å². The van der Waals surface area contributed by atoms with Crippen LogP contribution in [0.3, 0.4) is 0 Å². The molecule has 1 aliphatic heterocycles. The van der Waals surface area contributed by atoms with E-state index in [0.717, 1.165) is 0 Å². The Morgan fingerprint density at radius 3 is 3.00 bits per heavy atom. The average molecular weight is 315 g/mol. The molecule has 0 bridgehead atoms. The molecule has 114 valence electrons. The number of carboxylic acid groups (broad SMARTS) is 1. The lowest BCUT2D eigenvalue weighted by Gasteiger charge is -2.34. The molecular weight excluding hydrogens is 300 g/mol. The van der Waals surface area contributed by atoms with Crippen LogP contribution in [0.2, 0.25) is 5.02 Å². The zero-order chi connectivity index (χ0) is 15.4. The molecule has 0 spiro atoms. The van der Waals surface area contributed by atoms with Crippen molar-refractivity contribution in [2.75, 3.05) is 19.8 Å². The molecule has 1 aromatic rings. The lowest BCUT2D eigenvalue weighted by Crippen LogP contribution is -2.45. The summed E-state index contributed by atoms with van der Waals surface area (Å²) in [5, 5.41) is 20.4. The monoisotopic (exact) mass is 314 g/mol. The number of carboxylic acids is 1. The van der Waals surface area contributed by atoms with Gasteiger partial charge in [-0.05, 0) is 12.1 Å². The van der Waals surface area contributed by atoms with Crippen LogP contribution in [0.1, 0.15) is 12.0 Å². The van der Waals surface area contributed by atoms with Gasteiger partial charge in [0.1, 0.15) is 0 Å². The van der Waals surface area contributed by atoms with E-state index in [4.69, 9.17) is 21.4 Å². The van der Waals surface area contributed by atoms with Crippen molar-refractivity contribution in [3.63, 3.8) is 0 Å². The second-order valence-corrected chi connectivity index (χ2v) is 5.26. The maximum absolute atomic E-state index is 11.1. The number of carbonyl (C=O) groups is 1. The van der Waals surface area contributed by atoms with Gasteiger partial charge in [-0.1, -0.05) is 11.6 Å². The van der Waals surface area contributed by atoms with Crippen LogP contribution in [0.4, 0.5) is 5.69 Å². The van der Waals surface area contributed by atoms with E-state index in [0.29, 0.717) is 30.3 Å². The number of hydrogen-bond acceptors (Lipinski definition) is 5. The number of halogens is 1. The molecule has 1 aliphatic rings. The van der Waals surface area contributed by atoms with Gasteiger partial charge in [-0.2, -0.15) is 0 Å². The number of rotatable bonds is 5. The molecule has 1 fully saturated rings. The number of nitrogens with zero attached hydrogens (tertiary/aromatic N) is 2. The summed E-state index contributed by atoms with van der Waals surface area (Å²) in [5.74, 6) is -0.920. The number of ether oxygens (including phenoxy) is 1. The third-order valence-electron chi connectivity index (χ3n) is 3.37. The topological polar surface area (TPSA) is 92.9 Å². The summed E-state index contributed by atoms with van der Waals surface area (Å²) in [6.45, 7) is 1.59. The molecule has 0 saturated carbocycles. The van der Waals surface area contributed by atoms with Gasteiger partial charge in [-0.25, -0.2) is 0 Å². The first kappa shape index (κ1) is 15.7. The van der Waals surface area contributed by atoms with Gasteiger partial charge in [0.2, 0.25) is 0 Å². The van der Waals surface area contributed by atoms with Crippen LogP contribution >= 0.6 is 11.6 Å². The first-order chi connectivity index (χ1) is 9.97. The summed E-state index contributed by atoms with van der Waals surface area (Å²) >= 11 is 5.90. The second kappa shape index (κ2) is 6.84. The number of nitro benzene ring substituents is 1. The summed E-state index contributed by atoms with van der Waals surface area (Å²) in [6.07, 6.45) is -0.0611. The van der Waals surface area contributed by atoms with Crippen molar-refractivity contribution in [3.8, 4) is 0 Å². The molecule has 0 amide bonds. The van der Waals surface area contributed by atoms with Crippen LogP contribution < -0.4 is 0 Å². The largest absolute Gasteiger partial charge is 0.481 e. The Balaban J connectivity index is 2.20. The molecule has 0 aliphatic carbocycles. The highest BCUT2D eigenvalue weighted by molar-refractivity contribution is 6.30. The molecule has 1 unspecified atom stereocenters. The number of benzene rings is 1. The fraction of sp³-hybridized carbons (Fsp3) is 0.462. The van der Waals surface area contributed by atoms with Crippen LogP contribution in [-0.2, 0) is 16.1 Å². The van der Waals surface area contributed by atoms with E-state index in [1.54, 1.807) is 6.07 Å². The van der Waals surface area contributed by atoms with E-state index in [9.17, 15) is 14.9 Å². The minimum atomic E-state index is -0.920. The van der Waals surface area contributed by atoms with Gasteiger partial charge in [0.05, 0.1) is 24.6 Å². The second-order valence-electron chi connectivity index (χ2n) is 4.83. The Kier molecular flexibility index (Phi) is 5.11. The maximum Gasteiger partial charge on any atom is 0.305 e. The summed E-state index contributed by atoms with van der Waals surface area (Å²) in [6, 6.07) is 4.09. The molecule has 21 heavy (non-hydrogen) atoms. The Morgan fingerprint density at radius 1 is 1.57 bits per heavy atom. The van der Waals surface area contributed by atoms with Crippen molar-refractivity contribution in [2.24, 2.45) is 0 Å². The zero-order valence-electron chi connectivity index (χ0n) is 11.2. The number of aliphatic carboxylic acids is 1. The third-order valence-corrected chi connectivity index (χ3v) is 3.61. The van der Waals surface area contributed by atoms with Gasteiger partial charge < -0.3 is 9.84 Å². The van der Waals surface area contributed by atoms with Gasteiger partial charge >= 0.3 is 5.97 Å².